The Balaban J connectivity index is 5.37. The van der Waals surface area contributed by atoms with Crippen LogP contribution in [-0.2, 0) is 65.4 Å². The average Bonchev–Trinajstić information content (AvgIpc) is 1.04. The van der Waals surface area contributed by atoms with Crippen molar-refractivity contribution in [3.05, 3.63) is 97.2 Å². The fraction of sp³-hybridized carbons (Fsp3) is 0.747. The van der Waals surface area contributed by atoms with E-state index in [1.807, 2.05) is 0 Å². The number of phosphoric ester groups is 2. The predicted molar refractivity (Wildman–Crippen MR) is 399 cm³/mol. The van der Waals surface area contributed by atoms with Gasteiger partial charge in [0.1, 0.15) is 19.3 Å². The van der Waals surface area contributed by atoms with Gasteiger partial charge in [-0.3, -0.25) is 37.3 Å². The number of ether oxygens (including phenoxy) is 4. The van der Waals surface area contributed by atoms with E-state index in [0.717, 1.165) is 180 Å². The first-order valence-electron chi connectivity index (χ1n) is 38.5. The predicted octanol–water partition coefficient (Wildman–Crippen LogP) is 22.0. The standard InChI is InChI=1S/C79H138O17P2/c1-5-9-13-17-21-25-29-33-36-40-43-47-51-55-59-63-76(81)89-69-74(95-78(83)65-61-57-53-49-45-39-32-28-24-20-16-12-8-4)71-93-97(85,86)91-67-73(80)68-92-98(87,88)94-72-75(96-79(84)66-62-58-54-50-46-42-38-35-31-27-23-19-15-11-7-3)70-90-77(82)64-60-56-52-48-44-41-37-34-30-26-22-18-14-10-6-2/h10-11,14-15,22-23,26-28,32-38,73-75,80H,5-9,12-13,16-21,24-25,29-31,39-72H2,1-4H3,(H,85,86)(H,87,88)/b14-10-,15-11-,26-22-,27-23-,32-28-,36-33-,37-34-,38-35-. The molecule has 0 amide bonds. The van der Waals surface area contributed by atoms with Crippen LogP contribution in [0.25, 0.3) is 0 Å². The summed E-state index contributed by atoms with van der Waals surface area (Å²) in [5, 5.41) is 10.6. The zero-order valence-electron chi connectivity index (χ0n) is 61.7. The van der Waals surface area contributed by atoms with Crippen LogP contribution in [-0.4, -0.2) is 96.7 Å². The maximum absolute atomic E-state index is 13.1. The number of hydrogen-bond acceptors (Lipinski definition) is 15. The van der Waals surface area contributed by atoms with Gasteiger partial charge in [-0.25, -0.2) is 9.13 Å². The molecule has 0 radical (unpaired) electrons. The summed E-state index contributed by atoms with van der Waals surface area (Å²) in [5.74, 6) is -2.22. The highest BCUT2D eigenvalue weighted by molar-refractivity contribution is 7.47. The molecule has 0 aromatic heterocycles. The van der Waals surface area contributed by atoms with Crippen molar-refractivity contribution < 1.29 is 80.2 Å². The van der Waals surface area contributed by atoms with E-state index < -0.39 is 97.5 Å². The van der Waals surface area contributed by atoms with Crippen molar-refractivity contribution in [3.8, 4) is 0 Å². The van der Waals surface area contributed by atoms with Crippen molar-refractivity contribution in [2.45, 2.75) is 341 Å². The van der Waals surface area contributed by atoms with Crippen molar-refractivity contribution in [1.29, 1.82) is 0 Å². The van der Waals surface area contributed by atoms with Gasteiger partial charge < -0.3 is 33.8 Å². The number of esters is 4. The number of carbonyl (C=O) groups excluding carboxylic acids is 4. The van der Waals surface area contributed by atoms with E-state index in [1.165, 1.54) is 64.2 Å². The van der Waals surface area contributed by atoms with E-state index in [1.54, 1.807) is 0 Å². The van der Waals surface area contributed by atoms with E-state index in [0.29, 0.717) is 25.7 Å². The number of unbranched alkanes of at least 4 members (excludes halogenated alkanes) is 30. The smallest absolute Gasteiger partial charge is 0.462 e. The Labute approximate surface area is 595 Å². The minimum atomic E-state index is -4.98. The maximum atomic E-state index is 13.1. The van der Waals surface area contributed by atoms with E-state index in [4.69, 9.17) is 37.0 Å². The van der Waals surface area contributed by atoms with Crippen molar-refractivity contribution in [2.75, 3.05) is 39.6 Å². The Bertz CT molecular complexity index is 2240. The number of carbonyl (C=O) groups is 4. The summed E-state index contributed by atoms with van der Waals surface area (Å²) >= 11 is 0. The lowest BCUT2D eigenvalue weighted by Gasteiger charge is -2.21. The van der Waals surface area contributed by atoms with Crippen molar-refractivity contribution in [3.63, 3.8) is 0 Å². The van der Waals surface area contributed by atoms with Crippen LogP contribution in [0.15, 0.2) is 97.2 Å². The highest BCUT2D eigenvalue weighted by Gasteiger charge is 2.30. The molecule has 0 spiro atoms. The molecule has 5 atom stereocenters. The normalized spacial score (nSPS) is 14.5. The molecular formula is C79H138O17P2. The second kappa shape index (κ2) is 71.4. The highest BCUT2D eigenvalue weighted by Crippen LogP contribution is 2.45. The molecule has 0 bridgehead atoms. The van der Waals surface area contributed by atoms with Gasteiger partial charge in [-0.15, -0.1) is 0 Å². The number of aliphatic hydroxyl groups is 1. The molecule has 0 saturated carbocycles. The lowest BCUT2D eigenvalue weighted by atomic mass is 10.1. The summed E-state index contributed by atoms with van der Waals surface area (Å²) < 4.78 is 68.5. The van der Waals surface area contributed by atoms with Gasteiger partial charge in [0.05, 0.1) is 26.4 Å². The summed E-state index contributed by atoms with van der Waals surface area (Å²) in [6.45, 7) is 4.60. The first-order valence-corrected chi connectivity index (χ1v) is 41.5. The molecular weight excluding hydrogens is 1280 g/mol. The monoisotopic (exact) mass is 1420 g/mol. The molecule has 98 heavy (non-hydrogen) atoms. The Hall–Kier alpha value is -4.02. The lowest BCUT2D eigenvalue weighted by Crippen LogP contribution is -2.30. The molecule has 566 valence electrons. The molecule has 0 aliphatic heterocycles. The summed E-state index contributed by atoms with van der Waals surface area (Å²) in [6.07, 6.45) is 73.9. The third kappa shape index (κ3) is 70.4. The fourth-order valence-corrected chi connectivity index (χ4v) is 11.8. The van der Waals surface area contributed by atoms with Crippen LogP contribution in [0.4, 0.5) is 0 Å². The van der Waals surface area contributed by atoms with Crippen molar-refractivity contribution >= 4 is 39.5 Å². The summed E-state index contributed by atoms with van der Waals surface area (Å²) in [5.41, 5.74) is 0. The third-order valence-corrected chi connectivity index (χ3v) is 17.9. The van der Waals surface area contributed by atoms with Crippen LogP contribution in [0.5, 0.6) is 0 Å². The Morgan fingerprint density at radius 2 is 0.531 bits per heavy atom. The molecule has 0 aliphatic carbocycles. The second-order valence-electron chi connectivity index (χ2n) is 25.5. The summed E-state index contributed by atoms with van der Waals surface area (Å²) in [4.78, 5) is 72.9. The number of allylic oxidation sites excluding steroid dienone is 16. The van der Waals surface area contributed by atoms with Gasteiger partial charge in [0.25, 0.3) is 0 Å². The first-order chi connectivity index (χ1) is 47.7. The minimum absolute atomic E-state index is 0.0709. The van der Waals surface area contributed by atoms with Crippen LogP contribution in [0.2, 0.25) is 0 Å². The van der Waals surface area contributed by atoms with Crippen LogP contribution in [0.3, 0.4) is 0 Å². The maximum Gasteiger partial charge on any atom is 0.472 e. The Kier molecular flexibility index (Phi) is 68.4. The molecule has 3 N–H and O–H groups in total. The molecule has 0 aromatic rings. The van der Waals surface area contributed by atoms with Gasteiger partial charge in [0.15, 0.2) is 12.2 Å². The van der Waals surface area contributed by atoms with E-state index in [2.05, 4.69) is 125 Å². The zero-order valence-corrected chi connectivity index (χ0v) is 63.5. The number of rotatable bonds is 72. The van der Waals surface area contributed by atoms with Crippen LogP contribution in [0.1, 0.15) is 323 Å². The molecule has 5 unspecified atom stereocenters. The quantitative estimate of drug-likeness (QED) is 0.0169. The van der Waals surface area contributed by atoms with Crippen LogP contribution < -0.4 is 0 Å². The van der Waals surface area contributed by atoms with E-state index >= 15 is 0 Å². The SMILES string of the molecule is CC/C=C\C/C=C\C/C=C\CCCCCCCC(=O)OCC(COP(=O)(O)OCC(O)COP(=O)(O)OCC(COC(=O)CCCCCCC/C=C\CCCCCCCC)OC(=O)CCCCCCC/C=C\CCCCCC)OC(=O)CCCCCCC/C=C\C/C=C\C/C=C\CC. The first kappa shape index (κ1) is 94.0. The summed E-state index contributed by atoms with van der Waals surface area (Å²) in [7, 11) is -9.96. The van der Waals surface area contributed by atoms with E-state index in [-0.39, 0.29) is 25.7 Å². The minimum Gasteiger partial charge on any atom is -0.462 e. The largest absolute Gasteiger partial charge is 0.472 e. The van der Waals surface area contributed by atoms with Gasteiger partial charge in [-0.05, 0) is 141 Å². The second-order valence-corrected chi connectivity index (χ2v) is 28.4. The van der Waals surface area contributed by atoms with E-state index in [9.17, 15) is 43.2 Å². The van der Waals surface area contributed by atoms with Gasteiger partial charge in [-0.1, -0.05) is 253 Å². The third-order valence-electron chi connectivity index (χ3n) is 16.0. The molecule has 17 nitrogen and oxygen atoms in total. The van der Waals surface area contributed by atoms with Gasteiger partial charge in [0.2, 0.25) is 0 Å². The molecule has 0 saturated heterocycles. The molecule has 19 heteroatoms. The summed E-state index contributed by atoms with van der Waals surface area (Å²) in [6, 6.07) is 0. The molecule has 0 aliphatic rings. The topological polar surface area (TPSA) is 237 Å². The molecule has 0 fully saturated rings. The Morgan fingerprint density at radius 3 is 0.837 bits per heavy atom. The number of phosphoric acid groups is 2. The van der Waals surface area contributed by atoms with Crippen molar-refractivity contribution in [2.24, 2.45) is 0 Å². The van der Waals surface area contributed by atoms with Gasteiger partial charge in [-0.2, -0.15) is 0 Å². The number of aliphatic hydroxyl groups excluding tert-OH is 1. The van der Waals surface area contributed by atoms with Gasteiger partial charge in [0, 0.05) is 25.7 Å². The van der Waals surface area contributed by atoms with Crippen molar-refractivity contribution in [1.82, 2.24) is 0 Å². The van der Waals surface area contributed by atoms with Gasteiger partial charge >= 0.3 is 39.5 Å². The van der Waals surface area contributed by atoms with Crippen LogP contribution in [0, 0.1) is 0 Å². The molecule has 0 rings (SSSR count). The highest BCUT2D eigenvalue weighted by atomic mass is 31.2. The number of hydrogen-bond donors (Lipinski definition) is 3. The lowest BCUT2D eigenvalue weighted by molar-refractivity contribution is -0.161. The molecule has 0 heterocycles. The van der Waals surface area contributed by atoms with Crippen LogP contribution >= 0.6 is 15.6 Å². The fourth-order valence-electron chi connectivity index (χ4n) is 10.2. The zero-order chi connectivity index (χ0) is 71.8. The molecule has 0 aromatic carbocycles. The average molecular weight is 1420 g/mol. The Morgan fingerprint density at radius 1 is 0.296 bits per heavy atom.